The van der Waals surface area contributed by atoms with E-state index in [4.69, 9.17) is 18.8 Å². The summed E-state index contributed by atoms with van der Waals surface area (Å²) in [6, 6.07) is 0. The summed E-state index contributed by atoms with van der Waals surface area (Å²) in [5, 5.41) is 0. The Morgan fingerprint density at radius 1 is 1.08 bits per heavy atom. The first-order chi connectivity index (χ1) is 11.9. The average molecular weight is 383 g/mol. The minimum absolute atomic E-state index is 0.0768. The van der Waals surface area contributed by atoms with Crippen LogP contribution in [0.2, 0.25) is 0 Å². The average Bonchev–Trinajstić information content (AvgIpc) is 2.96. The molecular weight excluding hydrogens is 352 g/mol. The molecule has 0 spiro atoms. The van der Waals surface area contributed by atoms with Crippen LogP contribution in [0, 0.1) is 0 Å². The third kappa shape index (κ3) is 17.6. The number of ether oxygens (including phenoxy) is 3. The van der Waals surface area contributed by atoms with Crippen LogP contribution in [0.1, 0.15) is 19.8 Å². The highest BCUT2D eigenvalue weighted by molar-refractivity contribution is 7.80. The Bertz CT molecular complexity index is 520. The van der Waals surface area contributed by atoms with Gasteiger partial charge in [-0.3, -0.25) is 4.55 Å². The molecular formula is C15H31N2O7S+. The molecule has 0 aliphatic heterocycles. The fraction of sp³-hybridized carbons (Fsp3) is 0.800. The summed E-state index contributed by atoms with van der Waals surface area (Å²) in [4.78, 5) is 0. The second-order valence-corrected chi connectivity index (χ2v) is 6.23. The van der Waals surface area contributed by atoms with E-state index in [-0.39, 0.29) is 13.2 Å². The topological polar surface area (TPSA) is 100 Å². The molecule has 0 aliphatic rings. The second kappa shape index (κ2) is 15.2. The first-order valence-corrected chi connectivity index (χ1v) is 9.52. The number of methoxy groups -OCH3 is 1. The van der Waals surface area contributed by atoms with Gasteiger partial charge in [0.25, 0.3) is 0 Å². The number of hydrogen-bond donors (Lipinski definition) is 1. The van der Waals surface area contributed by atoms with E-state index in [0.29, 0.717) is 26.4 Å². The van der Waals surface area contributed by atoms with Crippen molar-refractivity contribution in [2.75, 3.05) is 46.8 Å². The lowest BCUT2D eigenvalue weighted by atomic mass is 10.3. The second-order valence-electron chi connectivity index (χ2n) is 5.14. The van der Waals surface area contributed by atoms with E-state index in [9.17, 15) is 8.42 Å². The van der Waals surface area contributed by atoms with Crippen molar-refractivity contribution in [1.29, 1.82) is 0 Å². The van der Waals surface area contributed by atoms with Crippen molar-refractivity contribution in [1.82, 2.24) is 4.57 Å². The van der Waals surface area contributed by atoms with Crippen molar-refractivity contribution in [3.05, 3.63) is 18.7 Å². The summed E-state index contributed by atoms with van der Waals surface area (Å²) < 4.78 is 51.4. The molecule has 10 heteroatoms. The van der Waals surface area contributed by atoms with Gasteiger partial charge in [0.05, 0.1) is 53.2 Å². The molecule has 0 aromatic carbocycles. The zero-order chi connectivity index (χ0) is 19.0. The maximum Gasteiger partial charge on any atom is 0.397 e. The molecule has 25 heavy (non-hydrogen) atoms. The standard InChI is InChI=1S/C8H15N2.C7H16O7S/c1-3-4-5-10-7-6-9(2)8-10;1-11-2-3-12-4-5-13-6-7-14-15(8,9)10/h6-8H,3-5H2,1-2H3;2-7H2,1H3,(H,8,9,10)/q+1;. The molecule has 0 aliphatic carbocycles. The summed E-state index contributed by atoms with van der Waals surface area (Å²) in [6.45, 7) is 4.96. The van der Waals surface area contributed by atoms with Crippen LogP contribution in [0.5, 0.6) is 0 Å². The molecule has 1 rings (SSSR count). The fourth-order valence-corrected chi connectivity index (χ4v) is 1.92. The molecule has 0 bridgehead atoms. The van der Waals surface area contributed by atoms with E-state index in [1.165, 1.54) is 12.8 Å². The molecule has 9 nitrogen and oxygen atoms in total. The van der Waals surface area contributed by atoms with E-state index in [0.717, 1.165) is 6.54 Å². The predicted molar refractivity (Wildman–Crippen MR) is 91.5 cm³/mol. The Morgan fingerprint density at radius 3 is 2.16 bits per heavy atom. The van der Waals surface area contributed by atoms with Crippen molar-refractivity contribution in [3.8, 4) is 0 Å². The van der Waals surface area contributed by atoms with Crippen LogP contribution >= 0.6 is 0 Å². The molecule has 0 fully saturated rings. The van der Waals surface area contributed by atoms with E-state index >= 15 is 0 Å². The van der Waals surface area contributed by atoms with Gasteiger partial charge in [0.2, 0.25) is 6.33 Å². The Kier molecular flexibility index (Phi) is 14.6. The Hall–Kier alpha value is -1.04. The first-order valence-electron chi connectivity index (χ1n) is 8.16. The molecule has 1 aromatic rings. The zero-order valence-electron chi connectivity index (χ0n) is 15.3. The van der Waals surface area contributed by atoms with Gasteiger partial charge in [0.1, 0.15) is 12.4 Å². The highest BCUT2D eigenvalue weighted by Crippen LogP contribution is 1.91. The van der Waals surface area contributed by atoms with E-state index in [1.54, 1.807) is 7.11 Å². The SMILES string of the molecule is CCCCn1cc[n+](C)c1.COCCOCCOCCOS(=O)(=O)O. The Balaban J connectivity index is 0.000000496. The number of rotatable bonds is 13. The minimum Gasteiger partial charge on any atom is -0.382 e. The maximum atomic E-state index is 10.1. The van der Waals surface area contributed by atoms with Gasteiger partial charge in [-0.25, -0.2) is 13.3 Å². The van der Waals surface area contributed by atoms with Crippen molar-refractivity contribution in [2.45, 2.75) is 26.3 Å². The first kappa shape index (κ1) is 24.0. The largest absolute Gasteiger partial charge is 0.397 e. The summed E-state index contributed by atoms with van der Waals surface area (Å²) in [5.41, 5.74) is 0. The van der Waals surface area contributed by atoms with Crippen molar-refractivity contribution in [2.24, 2.45) is 7.05 Å². The fourth-order valence-electron chi connectivity index (χ4n) is 1.64. The smallest absolute Gasteiger partial charge is 0.382 e. The van der Waals surface area contributed by atoms with Crippen LogP contribution in [0.15, 0.2) is 18.7 Å². The van der Waals surface area contributed by atoms with Crippen molar-refractivity contribution in [3.63, 3.8) is 0 Å². The quantitative estimate of drug-likeness (QED) is 0.302. The van der Waals surface area contributed by atoms with Gasteiger partial charge in [-0.15, -0.1) is 0 Å². The summed E-state index contributed by atoms with van der Waals surface area (Å²) in [7, 11) is -0.737. The summed E-state index contributed by atoms with van der Waals surface area (Å²) >= 11 is 0. The zero-order valence-corrected chi connectivity index (χ0v) is 16.1. The van der Waals surface area contributed by atoms with Crippen LogP contribution in [-0.4, -0.2) is 64.3 Å². The highest BCUT2D eigenvalue weighted by Gasteiger charge is 2.02. The Labute approximate surface area is 150 Å². The van der Waals surface area contributed by atoms with Gasteiger partial charge in [0, 0.05) is 7.11 Å². The highest BCUT2D eigenvalue weighted by atomic mass is 32.3. The van der Waals surface area contributed by atoms with Gasteiger partial charge in [-0.2, -0.15) is 8.42 Å². The summed E-state index contributed by atoms with van der Waals surface area (Å²) in [6.07, 6.45) is 8.82. The van der Waals surface area contributed by atoms with Gasteiger partial charge in [-0.05, 0) is 6.42 Å². The normalized spacial score (nSPS) is 11.2. The minimum atomic E-state index is -4.36. The monoisotopic (exact) mass is 383 g/mol. The molecule has 1 aromatic heterocycles. The molecule has 1 N–H and O–H groups in total. The number of nitrogens with zero attached hydrogens (tertiary/aromatic N) is 2. The van der Waals surface area contributed by atoms with Gasteiger partial charge in [-0.1, -0.05) is 13.3 Å². The molecule has 0 radical (unpaired) electrons. The third-order valence-corrected chi connectivity index (χ3v) is 3.32. The lowest BCUT2D eigenvalue weighted by Gasteiger charge is -2.04. The number of imidazole rings is 1. The van der Waals surface area contributed by atoms with Crippen LogP contribution in [0.4, 0.5) is 0 Å². The van der Waals surface area contributed by atoms with E-state index in [2.05, 4.69) is 39.0 Å². The molecule has 0 unspecified atom stereocenters. The van der Waals surface area contributed by atoms with E-state index < -0.39 is 10.4 Å². The summed E-state index contributed by atoms with van der Waals surface area (Å²) in [5.74, 6) is 0. The van der Waals surface area contributed by atoms with Gasteiger partial charge in [0.15, 0.2) is 0 Å². The number of hydrogen-bond acceptors (Lipinski definition) is 6. The maximum absolute atomic E-state index is 10.1. The lowest BCUT2D eigenvalue weighted by Crippen LogP contribution is -2.23. The molecule has 148 valence electrons. The number of unbranched alkanes of at least 4 members (excludes halogenated alkanes) is 1. The van der Waals surface area contributed by atoms with Gasteiger partial charge >= 0.3 is 10.4 Å². The van der Waals surface area contributed by atoms with Gasteiger partial charge < -0.3 is 14.2 Å². The van der Waals surface area contributed by atoms with Crippen LogP contribution in [0.3, 0.4) is 0 Å². The number of aromatic nitrogens is 2. The predicted octanol–water partition coefficient (Wildman–Crippen LogP) is 0.598. The van der Waals surface area contributed by atoms with Crippen LogP contribution < -0.4 is 4.57 Å². The lowest BCUT2D eigenvalue weighted by molar-refractivity contribution is -0.671. The third-order valence-electron chi connectivity index (χ3n) is 2.86. The molecule has 1 heterocycles. The molecule has 0 saturated heterocycles. The van der Waals surface area contributed by atoms with Crippen molar-refractivity contribution < 1.29 is 35.9 Å². The van der Waals surface area contributed by atoms with Crippen molar-refractivity contribution >= 4 is 10.4 Å². The van der Waals surface area contributed by atoms with E-state index in [1.807, 2.05) is 7.05 Å². The molecule has 0 saturated carbocycles. The Morgan fingerprint density at radius 2 is 1.68 bits per heavy atom. The van der Waals surface area contributed by atoms with Crippen LogP contribution in [0.25, 0.3) is 0 Å². The number of aryl methyl sites for hydroxylation is 2. The van der Waals surface area contributed by atoms with Crippen LogP contribution in [-0.2, 0) is 42.4 Å². The molecule has 0 atom stereocenters. The molecule has 0 amide bonds.